The van der Waals surface area contributed by atoms with Crippen LogP contribution in [0.25, 0.3) is 0 Å². The monoisotopic (exact) mass is 179 g/mol. The van der Waals surface area contributed by atoms with Gasteiger partial charge in [-0.25, -0.2) is 0 Å². The van der Waals surface area contributed by atoms with Gasteiger partial charge in [0, 0.05) is 0 Å². The fourth-order valence-electron chi connectivity index (χ4n) is 0.168. The number of hydrogen-bond acceptors (Lipinski definition) is 2. The summed E-state index contributed by atoms with van der Waals surface area (Å²) in [6.07, 6.45) is 0.490. The van der Waals surface area contributed by atoms with Crippen LogP contribution in [0.1, 0.15) is 6.92 Å². The molecule has 0 saturated carbocycles. The summed E-state index contributed by atoms with van der Waals surface area (Å²) >= 11 is 2.68. The highest BCUT2D eigenvalue weighted by Gasteiger charge is 2.04. The molecule has 0 aliphatic carbocycles. The first-order valence-corrected chi connectivity index (χ1v) is 2.87. The molecule has 0 unspecified atom stereocenters. The van der Waals surface area contributed by atoms with Gasteiger partial charge in [0.15, 0.2) is 0 Å². The molecule has 0 saturated heterocycles. The molecule has 0 radical (unpaired) electrons. The van der Waals surface area contributed by atoms with Crippen molar-refractivity contribution in [3.05, 3.63) is 0 Å². The summed E-state index contributed by atoms with van der Waals surface area (Å²) in [4.78, 5) is 19.9. The third-order valence-electron chi connectivity index (χ3n) is 0.658. The van der Waals surface area contributed by atoms with Gasteiger partial charge in [-0.3, -0.25) is 9.59 Å². The minimum Gasteiger partial charge on any atom is -0.348 e. The summed E-state index contributed by atoms with van der Waals surface area (Å²) in [5, 5.41) is 2.27. The summed E-state index contributed by atoms with van der Waals surface area (Å²) in [6, 6.07) is -0.424. The Kier molecular flexibility index (Phi) is 3.43. The fourth-order valence-corrected chi connectivity index (χ4v) is 0.300. The Hall–Kier alpha value is -0.380. The first-order valence-electron chi connectivity index (χ1n) is 2.07. The molecule has 0 aromatic rings. The molecular weight excluding hydrogens is 174 g/mol. The Bertz CT molecular complexity index is 104. The molecular formula is C4H6BrNO2. The van der Waals surface area contributed by atoms with Gasteiger partial charge in [-0.1, -0.05) is 0 Å². The normalized spacial score (nSPS) is 12.2. The molecule has 0 bridgehead atoms. The quantitative estimate of drug-likeness (QED) is 0.492. The van der Waals surface area contributed by atoms with Crippen molar-refractivity contribution in [1.82, 2.24) is 5.32 Å². The predicted molar refractivity (Wildman–Crippen MR) is 32.6 cm³/mol. The lowest BCUT2D eigenvalue weighted by molar-refractivity contribution is -0.116. The maximum absolute atomic E-state index is 10.2. The maximum atomic E-state index is 10.2. The minimum absolute atomic E-state index is 0.218. The minimum atomic E-state index is -0.424. The van der Waals surface area contributed by atoms with E-state index in [0.29, 0.717) is 6.41 Å². The van der Waals surface area contributed by atoms with Crippen LogP contribution in [0.15, 0.2) is 0 Å². The zero-order valence-corrected chi connectivity index (χ0v) is 5.94. The molecule has 8 heavy (non-hydrogen) atoms. The SMILES string of the molecule is C[C@H](NC=O)C(=O)Br. The van der Waals surface area contributed by atoms with E-state index in [4.69, 9.17) is 0 Å². The van der Waals surface area contributed by atoms with E-state index in [1.165, 1.54) is 0 Å². The van der Waals surface area contributed by atoms with Crippen molar-refractivity contribution in [2.45, 2.75) is 13.0 Å². The van der Waals surface area contributed by atoms with Crippen molar-refractivity contribution in [3.8, 4) is 0 Å². The van der Waals surface area contributed by atoms with Gasteiger partial charge in [0.1, 0.15) is 0 Å². The number of carbonyl (C=O) groups excluding carboxylic acids is 2. The van der Waals surface area contributed by atoms with E-state index in [2.05, 4.69) is 21.2 Å². The largest absolute Gasteiger partial charge is 0.348 e. The Morgan fingerprint density at radius 1 is 1.88 bits per heavy atom. The van der Waals surface area contributed by atoms with Crippen molar-refractivity contribution < 1.29 is 9.59 Å². The molecule has 3 nitrogen and oxygen atoms in total. The summed E-state index contributed by atoms with van der Waals surface area (Å²) < 4.78 is -0.218. The lowest BCUT2D eigenvalue weighted by atomic mass is 10.4. The number of amides is 1. The average molecular weight is 180 g/mol. The zero-order valence-electron chi connectivity index (χ0n) is 4.35. The van der Waals surface area contributed by atoms with Crippen LogP contribution in [-0.2, 0) is 9.59 Å². The Morgan fingerprint density at radius 3 is 2.50 bits per heavy atom. The van der Waals surface area contributed by atoms with Crippen LogP contribution in [0.5, 0.6) is 0 Å². The lowest BCUT2D eigenvalue weighted by Gasteiger charge is -2.00. The van der Waals surface area contributed by atoms with E-state index in [1.807, 2.05) is 0 Å². The van der Waals surface area contributed by atoms with Gasteiger partial charge in [-0.2, -0.15) is 0 Å². The second kappa shape index (κ2) is 3.60. The number of rotatable bonds is 3. The van der Waals surface area contributed by atoms with E-state index in [0.717, 1.165) is 0 Å². The summed E-state index contributed by atoms with van der Waals surface area (Å²) in [5.74, 6) is 0. The number of halogens is 1. The van der Waals surface area contributed by atoms with Crippen LogP contribution in [0.3, 0.4) is 0 Å². The Morgan fingerprint density at radius 2 is 2.38 bits per heavy atom. The van der Waals surface area contributed by atoms with Gasteiger partial charge in [-0.05, 0) is 22.9 Å². The second-order valence-electron chi connectivity index (χ2n) is 1.31. The number of nitrogens with one attached hydrogen (secondary N) is 1. The fraction of sp³-hybridized carbons (Fsp3) is 0.500. The zero-order chi connectivity index (χ0) is 6.57. The Balaban J connectivity index is 3.46. The van der Waals surface area contributed by atoms with Gasteiger partial charge < -0.3 is 5.32 Å². The van der Waals surface area contributed by atoms with Crippen LogP contribution in [0.2, 0.25) is 0 Å². The highest BCUT2D eigenvalue weighted by Crippen LogP contribution is 1.89. The van der Waals surface area contributed by atoms with Gasteiger partial charge >= 0.3 is 0 Å². The first-order chi connectivity index (χ1) is 3.68. The van der Waals surface area contributed by atoms with Gasteiger partial charge in [0.05, 0.1) is 6.04 Å². The van der Waals surface area contributed by atoms with E-state index in [1.54, 1.807) is 6.92 Å². The molecule has 0 spiro atoms. The molecule has 1 N–H and O–H groups in total. The molecule has 0 aliphatic rings. The average Bonchev–Trinajstić information content (AvgIpc) is 1.67. The maximum Gasteiger partial charge on any atom is 0.219 e. The van der Waals surface area contributed by atoms with Crippen LogP contribution in [0.4, 0.5) is 0 Å². The molecule has 0 rings (SSSR count). The van der Waals surface area contributed by atoms with Gasteiger partial charge in [-0.15, -0.1) is 0 Å². The molecule has 4 heteroatoms. The molecule has 46 valence electrons. The highest BCUT2D eigenvalue weighted by molar-refractivity contribution is 9.18. The van der Waals surface area contributed by atoms with Gasteiger partial charge in [0.2, 0.25) is 11.1 Å². The van der Waals surface area contributed by atoms with Crippen LogP contribution < -0.4 is 5.32 Å². The molecule has 1 atom stereocenters. The molecule has 0 aliphatic heterocycles. The van der Waals surface area contributed by atoms with Crippen molar-refractivity contribution in [3.63, 3.8) is 0 Å². The van der Waals surface area contributed by atoms with Crippen molar-refractivity contribution in [2.24, 2.45) is 0 Å². The molecule has 0 aromatic heterocycles. The third-order valence-corrected chi connectivity index (χ3v) is 1.35. The van der Waals surface area contributed by atoms with Crippen molar-refractivity contribution in [2.75, 3.05) is 0 Å². The van der Waals surface area contributed by atoms with Crippen molar-refractivity contribution >= 4 is 27.0 Å². The molecule has 0 aromatic carbocycles. The highest BCUT2D eigenvalue weighted by atomic mass is 79.9. The third kappa shape index (κ3) is 2.74. The Labute approximate surface area is 55.6 Å². The summed E-state index contributed by atoms with van der Waals surface area (Å²) in [5.41, 5.74) is 0. The smallest absolute Gasteiger partial charge is 0.219 e. The number of hydrogen-bond donors (Lipinski definition) is 1. The lowest BCUT2D eigenvalue weighted by Crippen LogP contribution is -2.29. The first kappa shape index (κ1) is 7.62. The van der Waals surface area contributed by atoms with Gasteiger partial charge in [0.25, 0.3) is 0 Å². The van der Waals surface area contributed by atoms with Crippen LogP contribution in [0, 0.1) is 0 Å². The summed E-state index contributed by atoms with van der Waals surface area (Å²) in [6.45, 7) is 1.59. The van der Waals surface area contributed by atoms with E-state index in [9.17, 15) is 9.59 Å². The van der Waals surface area contributed by atoms with Crippen LogP contribution in [-0.4, -0.2) is 17.1 Å². The number of carbonyl (C=O) groups is 2. The molecule has 0 fully saturated rings. The topological polar surface area (TPSA) is 46.2 Å². The van der Waals surface area contributed by atoms with Crippen molar-refractivity contribution in [1.29, 1.82) is 0 Å². The predicted octanol–water partition coefficient (Wildman–Crippen LogP) is 0.0424. The van der Waals surface area contributed by atoms with E-state index in [-0.39, 0.29) is 4.69 Å². The van der Waals surface area contributed by atoms with E-state index >= 15 is 0 Å². The standard InChI is InChI=1S/C4H6BrNO2/c1-3(4(5)8)6-2-7/h2-3H,1H3,(H,6,7)/t3-/m0/s1. The second-order valence-corrected chi connectivity index (χ2v) is 2.09. The van der Waals surface area contributed by atoms with Crippen LogP contribution >= 0.6 is 15.9 Å². The summed E-state index contributed by atoms with van der Waals surface area (Å²) in [7, 11) is 0. The van der Waals surface area contributed by atoms with E-state index < -0.39 is 6.04 Å². The molecule has 1 amide bonds. The molecule has 0 heterocycles.